The Morgan fingerprint density at radius 2 is 1.57 bits per heavy atom. The first-order chi connectivity index (χ1) is 9.81. The van der Waals surface area contributed by atoms with Gasteiger partial charge in [-0.15, -0.1) is 5.73 Å². The first kappa shape index (κ1) is 19.7. The number of hydrogen-bond acceptors (Lipinski definition) is 5. The van der Waals surface area contributed by atoms with Crippen molar-refractivity contribution < 1.29 is 28.9 Å². The van der Waals surface area contributed by atoms with E-state index in [1.54, 1.807) is 0 Å². The minimum Gasteiger partial charge on any atom is -0.372 e. The van der Waals surface area contributed by atoms with Crippen LogP contribution in [-0.2, 0) is 0 Å². The van der Waals surface area contributed by atoms with Crippen molar-refractivity contribution in [1.29, 1.82) is 0 Å². The van der Waals surface area contributed by atoms with Crippen LogP contribution in [0.1, 0.15) is 32.8 Å². The molecule has 0 aliphatic rings. The minimum absolute atomic E-state index is 1.04. The molecule has 5 nitrogen and oxygen atoms in total. The number of benzene rings is 1. The molecule has 1 rings (SSSR count). The SMILES string of the molecule is CCC=C=Cc1ccc(N(CC)CC)cc1.[O-][Cl+3]([O-])([O-])O. The first-order valence-electron chi connectivity index (χ1n) is 6.70. The van der Waals surface area contributed by atoms with E-state index in [4.69, 9.17) is 18.6 Å². The van der Waals surface area contributed by atoms with Crippen molar-refractivity contribution in [3.63, 3.8) is 0 Å². The van der Waals surface area contributed by atoms with E-state index in [0.717, 1.165) is 19.5 Å². The smallest absolute Gasteiger partial charge is 0.0777 e. The first-order valence-corrected chi connectivity index (χ1v) is 7.97. The largest absolute Gasteiger partial charge is 0.372 e. The number of halogens is 1. The second-order valence-electron chi connectivity index (χ2n) is 4.08. The molecule has 0 saturated carbocycles. The van der Waals surface area contributed by atoms with Crippen molar-refractivity contribution in [2.75, 3.05) is 18.0 Å². The fourth-order valence-corrected chi connectivity index (χ4v) is 1.64. The molecule has 0 bridgehead atoms. The lowest BCUT2D eigenvalue weighted by Gasteiger charge is -2.20. The van der Waals surface area contributed by atoms with E-state index < -0.39 is 10.2 Å². The Morgan fingerprint density at radius 3 is 1.95 bits per heavy atom. The number of allylic oxidation sites excluding steroid dienone is 1. The zero-order chi connectivity index (χ0) is 16.3. The average Bonchev–Trinajstić information content (AvgIpc) is 2.40. The van der Waals surface area contributed by atoms with Crippen LogP contribution >= 0.6 is 0 Å². The third kappa shape index (κ3) is 11.0. The van der Waals surface area contributed by atoms with Crippen LogP contribution in [0.3, 0.4) is 0 Å². The second-order valence-corrected chi connectivity index (χ2v) is 4.88. The molecule has 1 aromatic carbocycles. The molecule has 0 aliphatic carbocycles. The molecule has 0 fully saturated rings. The van der Waals surface area contributed by atoms with Crippen LogP contribution in [0.2, 0.25) is 0 Å². The van der Waals surface area contributed by atoms with Crippen molar-refractivity contribution in [1.82, 2.24) is 0 Å². The quantitative estimate of drug-likeness (QED) is 0.771. The molecule has 0 spiro atoms. The highest BCUT2D eigenvalue weighted by molar-refractivity contribution is 5.55. The highest BCUT2D eigenvalue weighted by atomic mass is 35.7. The molecule has 0 aromatic heterocycles. The number of rotatable bonds is 5. The van der Waals surface area contributed by atoms with Crippen LogP contribution in [0.5, 0.6) is 0 Å². The Balaban J connectivity index is 0.000000690. The van der Waals surface area contributed by atoms with E-state index in [9.17, 15) is 0 Å². The lowest BCUT2D eigenvalue weighted by atomic mass is 10.2. The van der Waals surface area contributed by atoms with Crippen LogP contribution in [0, 0.1) is 10.2 Å². The van der Waals surface area contributed by atoms with Gasteiger partial charge in [0.2, 0.25) is 0 Å². The Hall–Kier alpha value is -1.33. The van der Waals surface area contributed by atoms with Gasteiger partial charge in [0.15, 0.2) is 0 Å². The fourth-order valence-electron chi connectivity index (χ4n) is 1.64. The van der Waals surface area contributed by atoms with Gasteiger partial charge in [-0.1, -0.05) is 19.1 Å². The molecule has 0 aliphatic heterocycles. The van der Waals surface area contributed by atoms with Crippen LogP contribution in [-0.4, -0.2) is 17.7 Å². The van der Waals surface area contributed by atoms with Crippen molar-refractivity contribution in [2.45, 2.75) is 27.2 Å². The van der Waals surface area contributed by atoms with Gasteiger partial charge < -0.3 is 4.90 Å². The molecule has 6 heteroatoms. The van der Waals surface area contributed by atoms with E-state index in [2.05, 4.69) is 55.7 Å². The summed E-state index contributed by atoms with van der Waals surface area (Å²) in [7, 11) is -4.69. The van der Waals surface area contributed by atoms with Gasteiger partial charge in [0.25, 0.3) is 0 Å². The van der Waals surface area contributed by atoms with E-state index >= 15 is 0 Å². The zero-order valence-corrected chi connectivity index (χ0v) is 13.3. The normalized spacial score (nSPS) is 10.0. The molecule has 118 valence electrons. The van der Waals surface area contributed by atoms with Crippen LogP contribution in [0.25, 0.3) is 6.08 Å². The number of nitrogens with zero attached hydrogens (tertiary/aromatic N) is 1. The van der Waals surface area contributed by atoms with Gasteiger partial charge in [-0.3, -0.25) is 0 Å². The highest BCUT2D eigenvalue weighted by Gasteiger charge is 1.99. The summed E-state index contributed by atoms with van der Waals surface area (Å²) in [6.07, 6.45) is 5.10. The standard InChI is InChI=1S/C15H21N.ClHO4/c1-4-7-8-9-14-10-12-15(13-11-14)16(5-2)6-3;2-1(3,4)5/h7,9-13H,4-6H2,1-3H3;(H,2,3,4,5). The Labute approximate surface area is 128 Å². The second kappa shape index (κ2) is 10.4. The van der Waals surface area contributed by atoms with Crippen molar-refractivity contribution >= 4 is 11.8 Å². The molecule has 0 heterocycles. The van der Waals surface area contributed by atoms with Gasteiger partial charge in [0.05, 0.1) is 14.9 Å². The van der Waals surface area contributed by atoms with E-state index in [1.807, 2.05) is 12.2 Å². The average molecular weight is 316 g/mol. The van der Waals surface area contributed by atoms with Crippen molar-refractivity contribution in [3.8, 4) is 0 Å². The molecular weight excluding hydrogens is 294 g/mol. The summed E-state index contributed by atoms with van der Waals surface area (Å²) in [5, 5.41) is 0. The van der Waals surface area contributed by atoms with Crippen LogP contribution in [0.4, 0.5) is 5.69 Å². The van der Waals surface area contributed by atoms with E-state index in [0.29, 0.717) is 0 Å². The summed E-state index contributed by atoms with van der Waals surface area (Å²) in [5.41, 5.74) is 5.67. The molecule has 0 saturated heterocycles. The summed E-state index contributed by atoms with van der Waals surface area (Å²) in [4.78, 5) is 2.34. The fraction of sp³-hybridized carbons (Fsp3) is 0.400. The third-order valence-corrected chi connectivity index (χ3v) is 2.59. The number of anilines is 1. The van der Waals surface area contributed by atoms with Gasteiger partial charge in [-0.25, -0.2) is 0 Å². The maximum Gasteiger partial charge on any atom is 0.0777 e. The topological polar surface area (TPSA) is 92.7 Å². The lowest BCUT2D eigenvalue weighted by Crippen LogP contribution is -2.58. The minimum atomic E-state index is -4.69. The van der Waals surface area contributed by atoms with Gasteiger partial charge >= 0.3 is 0 Å². The third-order valence-electron chi connectivity index (χ3n) is 2.59. The molecule has 21 heavy (non-hydrogen) atoms. The summed E-state index contributed by atoms with van der Waals surface area (Å²) < 4.78 is 32.7. The summed E-state index contributed by atoms with van der Waals surface area (Å²) in [5.74, 6) is 0. The predicted octanol–water partition coefficient (Wildman–Crippen LogP) is -0.0129. The highest BCUT2D eigenvalue weighted by Crippen LogP contribution is 2.15. The van der Waals surface area contributed by atoms with Gasteiger partial charge in [-0.05, 0) is 50.1 Å². The molecule has 1 N–H and O–H groups in total. The van der Waals surface area contributed by atoms with E-state index in [-0.39, 0.29) is 0 Å². The van der Waals surface area contributed by atoms with Crippen molar-refractivity contribution in [3.05, 3.63) is 41.6 Å². The molecule has 0 atom stereocenters. The van der Waals surface area contributed by atoms with Crippen LogP contribution in [0.15, 0.2) is 36.1 Å². The van der Waals surface area contributed by atoms with Crippen LogP contribution < -0.4 is 18.9 Å². The zero-order valence-electron chi connectivity index (χ0n) is 12.6. The lowest BCUT2D eigenvalue weighted by molar-refractivity contribution is -1.92. The van der Waals surface area contributed by atoms with Gasteiger partial charge in [-0.2, -0.15) is 14.0 Å². The summed E-state index contributed by atoms with van der Waals surface area (Å²) >= 11 is 0. The molecular formula is C15H22ClNO4. The van der Waals surface area contributed by atoms with Gasteiger partial charge in [0.1, 0.15) is 0 Å². The Bertz CT molecular complexity index is 438. The van der Waals surface area contributed by atoms with Gasteiger partial charge in [0, 0.05) is 18.8 Å². The Morgan fingerprint density at radius 1 is 1.10 bits per heavy atom. The maximum absolute atomic E-state index is 8.60. The molecule has 0 amide bonds. The molecule has 1 aromatic rings. The predicted molar refractivity (Wildman–Crippen MR) is 75.1 cm³/mol. The molecule has 0 unspecified atom stereocenters. The Kier molecular flexibility index (Phi) is 9.75. The van der Waals surface area contributed by atoms with E-state index in [1.165, 1.54) is 11.3 Å². The van der Waals surface area contributed by atoms with Crippen molar-refractivity contribution in [2.24, 2.45) is 0 Å². The molecule has 0 radical (unpaired) electrons. The number of hydrogen-bond donors (Lipinski definition) is 1. The summed E-state index contributed by atoms with van der Waals surface area (Å²) in [6, 6.07) is 8.63. The monoisotopic (exact) mass is 315 g/mol. The maximum atomic E-state index is 8.60. The summed E-state index contributed by atoms with van der Waals surface area (Å²) in [6.45, 7) is 8.59.